The van der Waals surface area contributed by atoms with Gasteiger partial charge in [-0.05, 0) is 18.6 Å². The number of hydrogen-bond donors (Lipinski definition) is 2. The molecule has 0 bridgehead atoms. The second-order valence-electron chi connectivity index (χ2n) is 4.66. The molecule has 0 amide bonds. The molecule has 7 heteroatoms. The van der Waals surface area contributed by atoms with Gasteiger partial charge in [0, 0.05) is 23.7 Å². The van der Waals surface area contributed by atoms with E-state index in [0.717, 1.165) is 12.1 Å². The highest BCUT2D eigenvalue weighted by Gasteiger charge is 2.33. The van der Waals surface area contributed by atoms with E-state index in [1.165, 1.54) is 7.11 Å². The molecule has 0 spiro atoms. The van der Waals surface area contributed by atoms with Crippen LogP contribution < -0.4 is 10.1 Å². The Hall–Kier alpha value is -1.76. The van der Waals surface area contributed by atoms with Gasteiger partial charge in [0.05, 0.1) is 13.0 Å². The zero-order valence-corrected chi connectivity index (χ0v) is 10.7. The predicted molar refractivity (Wildman–Crippen MR) is 64.4 cm³/mol. The number of alkyl halides is 2. The van der Waals surface area contributed by atoms with Gasteiger partial charge in [-0.1, -0.05) is 0 Å². The van der Waals surface area contributed by atoms with E-state index in [4.69, 9.17) is 9.84 Å². The summed E-state index contributed by atoms with van der Waals surface area (Å²) >= 11 is 0. The van der Waals surface area contributed by atoms with Gasteiger partial charge < -0.3 is 15.2 Å². The first kappa shape index (κ1) is 14.6. The molecule has 2 unspecified atom stereocenters. The average Bonchev–Trinajstić information content (AvgIpc) is 2.87. The molecular weight excluding hydrogens is 275 g/mol. The Kier molecular flexibility index (Phi) is 4.17. The Balaban J connectivity index is 2.37. The first-order valence-electron chi connectivity index (χ1n) is 6.05. The zero-order valence-electron chi connectivity index (χ0n) is 10.7. The summed E-state index contributed by atoms with van der Waals surface area (Å²) < 4.78 is 44.2. The highest BCUT2D eigenvalue weighted by Crippen LogP contribution is 2.37. The highest BCUT2D eigenvalue weighted by molar-refractivity contribution is 5.71. The normalized spacial score (nSPS) is 22.2. The molecule has 0 aliphatic carbocycles. The van der Waals surface area contributed by atoms with Gasteiger partial charge in [-0.15, -0.1) is 0 Å². The Bertz CT molecular complexity index is 522. The minimum Gasteiger partial charge on any atom is -0.493 e. The number of halogens is 3. The second-order valence-corrected chi connectivity index (χ2v) is 4.66. The lowest BCUT2D eigenvalue weighted by molar-refractivity contribution is -0.141. The molecule has 1 aromatic rings. The van der Waals surface area contributed by atoms with Crippen LogP contribution in [0.5, 0.6) is 5.75 Å². The summed E-state index contributed by atoms with van der Waals surface area (Å²) in [4.78, 5) is 10.9. The molecule has 1 saturated heterocycles. The molecule has 2 rings (SSSR count). The molecule has 2 atom stereocenters. The summed E-state index contributed by atoms with van der Waals surface area (Å²) in [6, 6.07) is 1.38. The summed E-state index contributed by atoms with van der Waals surface area (Å²) in [5, 5.41) is 11.8. The van der Waals surface area contributed by atoms with Crippen LogP contribution in [0.15, 0.2) is 12.1 Å². The van der Waals surface area contributed by atoms with Crippen LogP contribution in [0.3, 0.4) is 0 Å². The van der Waals surface area contributed by atoms with Crippen LogP contribution in [0.25, 0.3) is 0 Å². The summed E-state index contributed by atoms with van der Waals surface area (Å²) in [6.45, 7) is 0.212. The van der Waals surface area contributed by atoms with E-state index < -0.39 is 35.7 Å². The molecule has 1 aliphatic heterocycles. The molecule has 4 nitrogen and oxygen atoms in total. The van der Waals surface area contributed by atoms with Gasteiger partial charge in [-0.2, -0.15) is 0 Å². The van der Waals surface area contributed by atoms with E-state index in [1.807, 2.05) is 0 Å². The average molecular weight is 289 g/mol. The number of rotatable bonds is 4. The first-order chi connectivity index (χ1) is 9.43. The number of benzene rings is 1. The molecule has 110 valence electrons. The van der Waals surface area contributed by atoms with Crippen molar-refractivity contribution in [3.05, 3.63) is 29.1 Å². The lowest BCUT2D eigenvalue weighted by atomic mass is 9.97. The molecule has 0 radical (unpaired) electrons. The fraction of sp³-hybridized carbons (Fsp3) is 0.462. The number of hydrogen-bond acceptors (Lipinski definition) is 3. The van der Waals surface area contributed by atoms with Crippen molar-refractivity contribution in [3.8, 4) is 5.75 Å². The predicted octanol–water partition coefficient (Wildman–Crippen LogP) is 2.51. The van der Waals surface area contributed by atoms with E-state index in [0.29, 0.717) is 0 Å². The van der Waals surface area contributed by atoms with Gasteiger partial charge in [-0.25, -0.2) is 13.2 Å². The molecule has 0 aromatic heterocycles. The number of aliphatic carboxylic acids is 1. The van der Waals surface area contributed by atoms with Crippen LogP contribution in [0.2, 0.25) is 0 Å². The van der Waals surface area contributed by atoms with Gasteiger partial charge in [0.1, 0.15) is 0 Å². The van der Waals surface area contributed by atoms with Crippen molar-refractivity contribution in [1.82, 2.24) is 5.32 Å². The Morgan fingerprint density at radius 2 is 2.20 bits per heavy atom. The number of carboxylic acids is 1. The van der Waals surface area contributed by atoms with Crippen molar-refractivity contribution < 1.29 is 27.8 Å². The van der Waals surface area contributed by atoms with E-state index >= 15 is 0 Å². The molecule has 1 aromatic carbocycles. The number of nitrogens with one attached hydrogen (secondary N) is 1. The molecule has 20 heavy (non-hydrogen) atoms. The Morgan fingerprint density at radius 3 is 2.70 bits per heavy atom. The maximum Gasteiger partial charge on any atom is 0.307 e. The Labute approximate surface area is 113 Å². The van der Waals surface area contributed by atoms with Gasteiger partial charge in [0.2, 0.25) is 0 Å². The van der Waals surface area contributed by atoms with Crippen LogP contribution in [-0.4, -0.2) is 24.7 Å². The standard InChI is InChI=1S/C13H14F3NO3/c1-20-11-8(2-6(12(15)16)3-9(11)14)10-4-7(5-17-10)13(18)19/h2-3,7,10,12,17H,4-5H2,1H3,(H,18,19). The largest absolute Gasteiger partial charge is 0.493 e. The number of carbonyl (C=O) groups is 1. The number of ether oxygens (including phenoxy) is 1. The second kappa shape index (κ2) is 5.70. The molecule has 0 saturated carbocycles. The van der Waals surface area contributed by atoms with E-state index in [9.17, 15) is 18.0 Å². The number of carboxylic acid groups (broad SMARTS) is 1. The SMILES string of the molecule is COc1c(F)cc(C(F)F)cc1C1CC(C(=O)O)CN1. The fourth-order valence-corrected chi connectivity index (χ4v) is 2.40. The summed E-state index contributed by atoms with van der Waals surface area (Å²) in [6.07, 6.45) is -2.59. The molecule has 1 heterocycles. The van der Waals surface area contributed by atoms with E-state index in [-0.39, 0.29) is 24.3 Å². The number of methoxy groups -OCH3 is 1. The monoisotopic (exact) mass is 289 g/mol. The van der Waals surface area contributed by atoms with Crippen LogP contribution in [-0.2, 0) is 4.79 Å². The van der Waals surface area contributed by atoms with Crippen LogP contribution >= 0.6 is 0 Å². The minimum atomic E-state index is -2.80. The lowest BCUT2D eigenvalue weighted by Crippen LogP contribution is -2.17. The molecule has 1 aliphatic rings. The third kappa shape index (κ3) is 2.72. The minimum absolute atomic E-state index is 0.127. The van der Waals surface area contributed by atoms with E-state index in [1.54, 1.807) is 0 Å². The quantitative estimate of drug-likeness (QED) is 0.894. The summed E-state index contributed by atoms with van der Waals surface area (Å²) in [5.41, 5.74) is -0.217. The van der Waals surface area contributed by atoms with Gasteiger partial charge >= 0.3 is 5.97 Å². The summed E-state index contributed by atoms with van der Waals surface area (Å²) in [5.74, 6) is -2.59. The molecule has 1 fully saturated rings. The van der Waals surface area contributed by atoms with Crippen LogP contribution in [0, 0.1) is 11.7 Å². The van der Waals surface area contributed by atoms with Crippen molar-refractivity contribution >= 4 is 5.97 Å². The maximum absolute atomic E-state index is 13.8. The molecular formula is C13H14F3NO3. The van der Waals surface area contributed by atoms with Crippen molar-refractivity contribution in [3.63, 3.8) is 0 Å². The maximum atomic E-state index is 13.8. The van der Waals surface area contributed by atoms with Crippen molar-refractivity contribution in [2.75, 3.05) is 13.7 Å². The van der Waals surface area contributed by atoms with Crippen LogP contribution in [0.1, 0.15) is 30.0 Å². The fourth-order valence-electron chi connectivity index (χ4n) is 2.40. The van der Waals surface area contributed by atoms with Crippen molar-refractivity contribution in [2.45, 2.75) is 18.9 Å². The lowest BCUT2D eigenvalue weighted by Gasteiger charge is -2.17. The van der Waals surface area contributed by atoms with Crippen LogP contribution in [0.4, 0.5) is 13.2 Å². The third-order valence-corrected chi connectivity index (χ3v) is 3.41. The van der Waals surface area contributed by atoms with Gasteiger partial charge in [0.15, 0.2) is 11.6 Å². The summed E-state index contributed by atoms with van der Waals surface area (Å²) in [7, 11) is 1.24. The zero-order chi connectivity index (χ0) is 14.9. The van der Waals surface area contributed by atoms with Crippen molar-refractivity contribution in [2.24, 2.45) is 5.92 Å². The van der Waals surface area contributed by atoms with Crippen molar-refractivity contribution in [1.29, 1.82) is 0 Å². The highest BCUT2D eigenvalue weighted by atomic mass is 19.3. The van der Waals surface area contributed by atoms with Gasteiger partial charge in [-0.3, -0.25) is 4.79 Å². The molecule has 2 N–H and O–H groups in total. The topological polar surface area (TPSA) is 58.6 Å². The smallest absolute Gasteiger partial charge is 0.307 e. The first-order valence-corrected chi connectivity index (χ1v) is 6.05. The third-order valence-electron chi connectivity index (χ3n) is 3.41. The Morgan fingerprint density at radius 1 is 1.50 bits per heavy atom. The van der Waals surface area contributed by atoms with Gasteiger partial charge in [0.25, 0.3) is 6.43 Å². The van der Waals surface area contributed by atoms with E-state index in [2.05, 4.69) is 5.32 Å².